The molecule has 16 heavy (non-hydrogen) atoms. The summed E-state index contributed by atoms with van der Waals surface area (Å²) in [7, 11) is 1.39. The van der Waals surface area contributed by atoms with Crippen molar-refractivity contribution in [3.8, 4) is 5.75 Å². The number of carbonyl (C=O) groups is 1. The maximum absolute atomic E-state index is 13.4. The van der Waals surface area contributed by atoms with Gasteiger partial charge in [0.05, 0.1) is 13.7 Å². The van der Waals surface area contributed by atoms with Gasteiger partial charge in [0.25, 0.3) is 0 Å². The molecule has 0 aliphatic rings. The smallest absolute Gasteiger partial charge is 0.344 e. The summed E-state index contributed by atoms with van der Waals surface area (Å²) in [5, 5.41) is 0. The summed E-state index contributed by atoms with van der Waals surface area (Å²) >= 11 is 0. The van der Waals surface area contributed by atoms with E-state index in [9.17, 15) is 9.18 Å². The molecule has 0 amide bonds. The van der Waals surface area contributed by atoms with Crippen molar-refractivity contribution in [1.82, 2.24) is 0 Å². The molecule has 0 N–H and O–H groups in total. The Labute approximate surface area is 94.2 Å². The number of benzene rings is 1. The van der Waals surface area contributed by atoms with Gasteiger partial charge in [0.15, 0.2) is 0 Å². The van der Waals surface area contributed by atoms with E-state index in [0.29, 0.717) is 6.61 Å². The van der Waals surface area contributed by atoms with Gasteiger partial charge in [-0.1, -0.05) is 19.4 Å². The molecule has 88 valence electrons. The Morgan fingerprint density at radius 3 is 2.81 bits per heavy atom. The summed E-state index contributed by atoms with van der Waals surface area (Å²) in [5.41, 5.74) is -0.138. The van der Waals surface area contributed by atoms with Gasteiger partial charge in [0.1, 0.15) is 17.1 Å². The molecular formula is C12H15FO3. The van der Waals surface area contributed by atoms with E-state index in [0.717, 1.165) is 12.8 Å². The second-order valence-electron chi connectivity index (χ2n) is 3.31. The van der Waals surface area contributed by atoms with E-state index < -0.39 is 11.8 Å². The van der Waals surface area contributed by atoms with Gasteiger partial charge in [-0.25, -0.2) is 9.18 Å². The molecule has 0 atom stereocenters. The molecule has 0 aliphatic heterocycles. The van der Waals surface area contributed by atoms with Crippen LogP contribution in [0.3, 0.4) is 0 Å². The molecule has 4 heteroatoms. The first kappa shape index (κ1) is 12.5. The van der Waals surface area contributed by atoms with Gasteiger partial charge in [-0.15, -0.1) is 0 Å². The predicted molar refractivity (Wildman–Crippen MR) is 58.1 cm³/mol. The van der Waals surface area contributed by atoms with E-state index in [1.165, 1.54) is 25.3 Å². The van der Waals surface area contributed by atoms with E-state index in [4.69, 9.17) is 9.47 Å². The lowest BCUT2D eigenvalue weighted by atomic mass is 10.2. The normalized spacial score (nSPS) is 9.94. The molecule has 0 saturated carbocycles. The predicted octanol–water partition coefficient (Wildman–Crippen LogP) is 2.79. The third-order valence-corrected chi connectivity index (χ3v) is 2.13. The quantitative estimate of drug-likeness (QED) is 0.572. The fraction of sp³-hybridized carbons (Fsp3) is 0.417. The lowest BCUT2D eigenvalue weighted by Crippen LogP contribution is -2.10. The largest absolute Gasteiger partial charge is 0.496 e. The first-order valence-corrected chi connectivity index (χ1v) is 5.20. The Kier molecular flexibility index (Phi) is 4.76. The molecule has 0 fully saturated rings. The van der Waals surface area contributed by atoms with Gasteiger partial charge in [0.2, 0.25) is 0 Å². The van der Waals surface area contributed by atoms with Crippen LogP contribution in [0.25, 0.3) is 0 Å². The second kappa shape index (κ2) is 6.10. The van der Waals surface area contributed by atoms with Crippen molar-refractivity contribution in [1.29, 1.82) is 0 Å². The lowest BCUT2D eigenvalue weighted by Gasteiger charge is -2.08. The van der Waals surface area contributed by atoms with Crippen molar-refractivity contribution in [2.75, 3.05) is 13.7 Å². The van der Waals surface area contributed by atoms with Crippen molar-refractivity contribution in [2.45, 2.75) is 19.8 Å². The Morgan fingerprint density at radius 2 is 2.19 bits per heavy atom. The Morgan fingerprint density at radius 1 is 1.44 bits per heavy atom. The van der Waals surface area contributed by atoms with Crippen molar-refractivity contribution < 1.29 is 18.7 Å². The number of hydrogen-bond donors (Lipinski definition) is 0. The minimum absolute atomic E-state index is 0.138. The van der Waals surface area contributed by atoms with Gasteiger partial charge in [0, 0.05) is 0 Å². The molecule has 0 heterocycles. The Hall–Kier alpha value is -1.58. The Bertz CT molecular complexity index is 363. The van der Waals surface area contributed by atoms with Crippen LogP contribution in [0.2, 0.25) is 0 Å². The summed E-state index contributed by atoms with van der Waals surface area (Å²) in [6.07, 6.45) is 1.68. The zero-order valence-electron chi connectivity index (χ0n) is 9.46. The van der Waals surface area contributed by atoms with Crippen molar-refractivity contribution in [2.24, 2.45) is 0 Å². The van der Waals surface area contributed by atoms with Crippen LogP contribution in [0.15, 0.2) is 18.2 Å². The van der Waals surface area contributed by atoms with Crippen molar-refractivity contribution in [3.63, 3.8) is 0 Å². The van der Waals surface area contributed by atoms with Crippen molar-refractivity contribution >= 4 is 5.97 Å². The summed E-state index contributed by atoms with van der Waals surface area (Å²) in [5.74, 6) is -1.11. The highest BCUT2D eigenvalue weighted by molar-refractivity contribution is 5.92. The third-order valence-electron chi connectivity index (χ3n) is 2.13. The number of ether oxygens (including phenoxy) is 2. The average molecular weight is 226 g/mol. The third kappa shape index (κ3) is 2.95. The van der Waals surface area contributed by atoms with Crippen LogP contribution in [0.5, 0.6) is 5.75 Å². The molecule has 0 aromatic heterocycles. The summed E-state index contributed by atoms with van der Waals surface area (Å²) in [6.45, 7) is 2.28. The maximum Gasteiger partial charge on any atom is 0.344 e. The molecular weight excluding hydrogens is 211 g/mol. The maximum atomic E-state index is 13.4. The number of halogens is 1. The number of unbranched alkanes of at least 4 members (excludes halogenated alkanes) is 1. The first-order chi connectivity index (χ1) is 7.70. The highest BCUT2D eigenvalue weighted by Gasteiger charge is 2.18. The van der Waals surface area contributed by atoms with Gasteiger partial charge < -0.3 is 9.47 Å². The molecule has 0 radical (unpaired) electrons. The molecule has 3 nitrogen and oxygen atoms in total. The van der Waals surface area contributed by atoms with Gasteiger partial charge in [-0.3, -0.25) is 0 Å². The molecule has 0 unspecified atom stereocenters. The zero-order chi connectivity index (χ0) is 12.0. The summed E-state index contributed by atoms with van der Waals surface area (Å²) in [6, 6.07) is 4.22. The van der Waals surface area contributed by atoms with E-state index >= 15 is 0 Å². The average Bonchev–Trinajstić information content (AvgIpc) is 2.28. The molecule has 1 rings (SSSR count). The van der Waals surface area contributed by atoms with Crippen molar-refractivity contribution in [3.05, 3.63) is 29.6 Å². The fourth-order valence-electron chi connectivity index (χ4n) is 1.25. The van der Waals surface area contributed by atoms with Gasteiger partial charge in [-0.2, -0.15) is 0 Å². The van der Waals surface area contributed by atoms with Gasteiger partial charge in [-0.05, 0) is 18.6 Å². The molecule has 0 bridgehead atoms. The lowest BCUT2D eigenvalue weighted by molar-refractivity contribution is 0.0490. The van der Waals surface area contributed by atoms with E-state index in [2.05, 4.69) is 0 Å². The monoisotopic (exact) mass is 226 g/mol. The number of rotatable bonds is 5. The molecule has 0 spiro atoms. The summed E-state index contributed by atoms with van der Waals surface area (Å²) in [4.78, 5) is 11.6. The van der Waals surface area contributed by atoms with Crippen LogP contribution in [0.4, 0.5) is 4.39 Å². The molecule has 0 saturated heterocycles. The molecule has 1 aromatic rings. The van der Waals surface area contributed by atoms with Crippen LogP contribution in [0.1, 0.15) is 30.1 Å². The first-order valence-electron chi connectivity index (χ1n) is 5.20. The molecule has 0 aliphatic carbocycles. The number of hydrogen-bond acceptors (Lipinski definition) is 3. The second-order valence-corrected chi connectivity index (χ2v) is 3.31. The van der Waals surface area contributed by atoms with Gasteiger partial charge >= 0.3 is 5.97 Å². The fourth-order valence-corrected chi connectivity index (χ4v) is 1.25. The van der Waals surface area contributed by atoms with Crippen LogP contribution < -0.4 is 4.74 Å². The van der Waals surface area contributed by atoms with Crippen LogP contribution in [-0.4, -0.2) is 19.7 Å². The van der Waals surface area contributed by atoms with E-state index in [1.54, 1.807) is 0 Å². The highest BCUT2D eigenvalue weighted by Crippen LogP contribution is 2.21. The zero-order valence-corrected chi connectivity index (χ0v) is 9.46. The number of esters is 1. The van der Waals surface area contributed by atoms with Crippen LogP contribution >= 0.6 is 0 Å². The van der Waals surface area contributed by atoms with E-state index in [1.807, 2.05) is 6.92 Å². The van der Waals surface area contributed by atoms with E-state index in [-0.39, 0.29) is 11.3 Å². The summed E-state index contributed by atoms with van der Waals surface area (Å²) < 4.78 is 23.3. The minimum Gasteiger partial charge on any atom is -0.496 e. The standard InChI is InChI=1S/C12H15FO3/c1-3-4-8-16-12(14)11-9(13)6-5-7-10(11)15-2/h5-7H,3-4,8H2,1-2H3. The number of methoxy groups -OCH3 is 1. The number of carbonyl (C=O) groups excluding carboxylic acids is 1. The Balaban J connectivity index is 2.81. The highest BCUT2D eigenvalue weighted by atomic mass is 19.1. The minimum atomic E-state index is -0.677. The topological polar surface area (TPSA) is 35.5 Å². The van der Waals surface area contributed by atoms with Crippen LogP contribution in [0, 0.1) is 5.82 Å². The SMILES string of the molecule is CCCCOC(=O)c1c(F)cccc1OC. The van der Waals surface area contributed by atoms with Crippen LogP contribution in [-0.2, 0) is 4.74 Å². The molecule has 1 aromatic carbocycles.